The van der Waals surface area contributed by atoms with Gasteiger partial charge in [-0.25, -0.2) is 4.98 Å². The fourth-order valence-corrected chi connectivity index (χ4v) is 3.63. The van der Waals surface area contributed by atoms with Gasteiger partial charge >= 0.3 is 0 Å². The molecule has 1 aliphatic rings. The molecule has 1 fully saturated rings. The van der Waals surface area contributed by atoms with Gasteiger partial charge in [0, 0.05) is 42.4 Å². The van der Waals surface area contributed by atoms with E-state index >= 15 is 0 Å². The van der Waals surface area contributed by atoms with Crippen LogP contribution in [0.2, 0.25) is 0 Å². The average molecular weight is 395 g/mol. The lowest BCUT2D eigenvalue weighted by Gasteiger charge is -2.10. The first-order chi connectivity index (χ1) is 13.7. The van der Waals surface area contributed by atoms with E-state index < -0.39 is 0 Å². The van der Waals surface area contributed by atoms with Gasteiger partial charge in [0.2, 0.25) is 5.88 Å². The van der Waals surface area contributed by atoms with Crippen molar-refractivity contribution in [3.63, 3.8) is 0 Å². The fourth-order valence-electron chi connectivity index (χ4n) is 2.98. The van der Waals surface area contributed by atoms with Gasteiger partial charge in [-0.1, -0.05) is 17.4 Å². The van der Waals surface area contributed by atoms with E-state index in [1.54, 1.807) is 17.4 Å². The molecule has 2 N–H and O–H groups in total. The van der Waals surface area contributed by atoms with Crippen molar-refractivity contribution in [1.29, 1.82) is 5.41 Å². The summed E-state index contributed by atoms with van der Waals surface area (Å²) in [7, 11) is 0. The molecule has 8 nitrogen and oxygen atoms in total. The Morgan fingerprint density at radius 3 is 3.00 bits per heavy atom. The highest BCUT2D eigenvalue weighted by Crippen LogP contribution is 2.46. The van der Waals surface area contributed by atoms with Crippen LogP contribution in [0.4, 0.5) is 5.82 Å². The second kappa shape index (κ2) is 8.39. The molecule has 9 heteroatoms. The van der Waals surface area contributed by atoms with E-state index in [1.807, 2.05) is 25.3 Å². The predicted molar refractivity (Wildman–Crippen MR) is 107 cm³/mol. The number of hydrogen-bond donors (Lipinski definition) is 2. The molecule has 0 aliphatic heterocycles. The Hall–Kier alpha value is -2.94. The monoisotopic (exact) mass is 395 g/mol. The summed E-state index contributed by atoms with van der Waals surface area (Å²) in [6.07, 6.45) is 4.56. The third kappa shape index (κ3) is 4.66. The first kappa shape index (κ1) is 18.4. The smallest absolute Gasteiger partial charge is 0.218 e. The van der Waals surface area contributed by atoms with Crippen LogP contribution in [0.15, 0.2) is 30.5 Å². The van der Waals surface area contributed by atoms with Gasteiger partial charge in [0.05, 0.1) is 13.2 Å². The third-order valence-corrected chi connectivity index (χ3v) is 5.30. The van der Waals surface area contributed by atoms with Crippen LogP contribution in [0.5, 0.6) is 5.88 Å². The lowest BCUT2D eigenvalue weighted by molar-refractivity contribution is 0.284. The van der Waals surface area contributed by atoms with E-state index in [9.17, 15) is 0 Å². The Balaban J connectivity index is 1.38. The van der Waals surface area contributed by atoms with Gasteiger partial charge in [-0.3, -0.25) is 4.98 Å². The van der Waals surface area contributed by atoms with Crippen LogP contribution in [0, 0.1) is 18.3 Å². The van der Waals surface area contributed by atoms with E-state index in [2.05, 4.69) is 36.5 Å². The Bertz CT molecular complexity index is 946. The number of ether oxygens (including phenoxy) is 1. The van der Waals surface area contributed by atoms with Crippen molar-refractivity contribution in [3.05, 3.63) is 52.0 Å². The lowest BCUT2D eigenvalue weighted by Crippen LogP contribution is -2.08. The molecule has 144 valence electrons. The summed E-state index contributed by atoms with van der Waals surface area (Å²) in [6, 6.07) is 7.80. The average Bonchev–Trinajstić information content (AvgIpc) is 3.38. The molecule has 2 unspecified atom stereocenters. The minimum atomic E-state index is 0.365. The summed E-state index contributed by atoms with van der Waals surface area (Å²) in [6.45, 7) is 3.06. The number of aryl methyl sites for hydroxylation is 1. The lowest BCUT2D eigenvalue weighted by atomic mass is 10.2. The summed E-state index contributed by atoms with van der Waals surface area (Å²) >= 11 is 1.54. The van der Waals surface area contributed by atoms with Crippen molar-refractivity contribution in [3.8, 4) is 5.88 Å². The van der Waals surface area contributed by atoms with Crippen LogP contribution in [0.3, 0.4) is 0 Å². The van der Waals surface area contributed by atoms with E-state index in [1.165, 1.54) is 6.21 Å². The normalized spacial score (nSPS) is 17.9. The zero-order valence-corrected chi connectivity index (χ0v) is 16.3. The van der Waals surface area contributed by atoms with Crippen LogP contribution in [-0.2, 0) is 13.0 Å². The van der Waals surface area contributed by atoms with Gasteiger partial charge in [0.15, 0.2) is 0 Å². The first-order valence-electron chi connectivity index (χ1n) is 9.14. The standard InChI is InChI=1S/C19H21N7OS/c1-12-25-26-19(28-12)10-22-17-9-18(24-16(23-17)5-6-20)27-11-13-8-14(13)15-4-2-3-7-21-15/h2-4,6-7,9,13-14,20H,5,8,10-11H2,1H3,(H,22,23,24). The van der Waals surface area contributed by atoms with Gasteiger partial charge in [-0.2, -0.15) is 4.98 Å². The number of aromatic nitrogens is 5. The zero-order chi connectivity index (χ0) is 19.3. The Kier molecular flexibility index (Phi) is 5.52. The first-order valence-corrected chi connectivity index (χ1v) is 9.96. The number of nitrogens with zero attached hydrogens (tertiary/aromatic N) is 5. The van der Waals surface area contributed by atoms with Crippen LogP contribution in [-0.4, -0.2) is 38.0 Å². The van der Waals surface area contributed by atoms with Crippen molar-refractivity contribution in [2.24, 2.45) is 5.92 Å². The molecular weight excluding hydrogens is 374 g/mol. The molecule has 1 saturated carbocycles. The van der Waals surface area contributed by atoms with Gasteiger partial charge in [-0.05, 0) is 25.5 Å². The maximum Gasteiger partial charge on any atom is 0.218 e. The molecule has 0 saturated heterocycles. The number of nitrogens with one attached hydrogen (secondary N) is 2. The van der Waals surface area contributed by atoms with Crippen LogP contribution in [0.1, 0.15) is 33.9 Å². The summed E-state index contributed by atoms with van der Waals surface area (Å²) in [5.41, 5.74) is 1.12. The van der Waals surface area contributed by atoms with Crippen molar-refractivity contribution in [1.82, 2.24) is 25.1 Å². The van der Waals surface area contributed by atoms with Gasteiger partial charge in [0.25, 0.3) is 0 Å². The third-order valence-electron chi connectivity index (χ3n) is 4.46. The Morgan fingerprint density at radius 1 is 1.32 bits per heavy atom. The van der Waals surface area contributed by atoms with Crippen LogP contribution >= 0.6 is 11.3 Å². The Morgan fingerprint density at radius 2 is 2.25 bits per heavy atom. The SMILES string of the molecule is Cc1nnc(CNc2cc(OCC3CC3c3ccccn3)nc(CC=N)n2)s1. The second-order valence-electron chi connectivity index (χ2n) is 6.65. The number of hydrogen-bond acceptors (Lipinski definition) is 9. The molecule has 0 amide bonds. The summed E-state index contributed by atoms with van der Waals surface area (Å²) in [5.74, 6) is 2.65. The van der Waals surface area contributed by atoms with Gasteiger partial charge in [-0.15, -0.1) is 10.2 Å². The van der Waals surface area contributed by atoms with Crippen molar-refractivity contribution in [2.45, 2.75) is 32.2 Å². The number of anilines is 1. The van der Waals surface area contributed by atoms with E-state index in [0.717, 1.165) is 22.1 Å². The Labute approximate surface area is 167 Å². The molecule has 0 spiro atoms. The van der Waals surface area contributed by atoms with Crippen molar-refractivity contribution >= 4 is 23.4 Å². The molecule has 3 heterocycles. The number of pyridine rings is 1. The fraction of sp³-hybridized carbons (Fsp3) is 0.368. The van der Waals surface area contributed by atoms with Gasteiger partial charge < -0.3 is 15.5 Å². The van der Waals surface area contributed by atoms with Crippen molar-refractivity contribution in [2.75, 3.05) is 11.9 Å². The van der Waals surface area contributed by atoms with E-state index in [-0.39, 0.29) is 0 Å². The van der Waals surface area contributed by atoms with E-state index in [0.29, 0.717) is 48.9 Å². The predicted octanol–water partition coefficient (Wildman–Crippen LogP) is 3.02. The second-order valence-corrected chi connectivity index (χ2v) is 7.92. The molecule has 28 heavy (non-hydrogen) atoms. The molecule has 0 radical (unpaired) electrons. The summed E-state index contributed by atoms with van der Waals surface area (Å²) in [4.78, 5) is 13.3. The molecule has 0 aromatic carbocycles. The minimum absolute atomic E-state index is 0.365. The maximum absolute atomic E-state index is 7.33. The van der Waals surface area contributed by atoms with Crippen LogP contribution in [0.25, 0.3) is 0 Å². The highest BCUT2D eigenvalue weighted by molar-refractivity contribution is 7.11. The maximum atomic E-state index is 7.33. The molecule has 3 aromatic rings. The number of rotatable bonds is 9. The molecule has 4 rings (SSSR count). The van der Waals surface area contributed by atoms with E-state index in [4.69, 9.17) is 10.1 Å². The highest BCUT2D eigenvalue weighted by Gasteiger charge is 2.39. The molecular formula is C19H21N7OS. The molecule has 1 aliphatic carbocycles. The molecule has 3 aromatic heterocycles. The molecule has 0 bridgehead atoms. The zero-order valence-electron chi connectivity index (χ0n) is 15.5. The quantitative estimate of drug-likeness (QED) is 0.536. The van der Waals surface area contributed by atoms with Crippen molar-refractivity contribution < 1.29 is 4.74 Å². The summed E-state index contributed by atoms with van der Waals surface area (Å²) in [5, 5.41) is 20.5. The van der Waals surface area contributed by atoms with Gasteiger partial charge in [0.1, 0.15) is 21.7 Å². The minimum Gasteiger partial charge on any atom is -0.477 e. The topological polar surface area (TPSA) is 110 Å². The molecule has 2 atom stereocenters. The highest BCUT2D eigenvalue weighted by atomic mass is 32.1. The largest absolute Gasteiger partial charge is 0.477 e. The van der Waals surface area contributed by atoms with Crippen LogP contribution < -0.4 is 10.1 Å². The summed E-state index contributed by atoms with van der Waals surface area (Å²) < 4.78 is 5.95.